The Morgan fingerprint density at radius 1 is 0.880 bits per heavy atom. The number of rotatable bonds is 9. The van der Waals surface area contributed by atoms with Crippen LogP contribution in [0.15, 0.2) is 34.1 Å². The summed E-state index contributed by atoms with van der Waals surface area (Å²) in [5, 5.41) is 2.85. The van der Waals surface area contributed by atoms with E-state index in [1.807, 2.05) is 0 Å². The molecule has 0 radical (unpaired) electrons. The van der Waals surface area contributed by atoms with Gasteiger partial charge in [-0.3, -0.25) is 0 Å². The average Bonchev–Trinajstić information content (AvgIpc) is 2.49. The third-order valence-corrected chi connectivity index (χ3v) is 5.70. The Morgan fingerprint density at radius 2 is 1.32 bits per heavy atom. The molecule has 0 unspecified atom stereocenters. The summed E-state index contributed by atoms with van der Waals surface area (Å²) in [7, 11) is -6.46. The normalized spacial score (nSPS) is 12.6. The molecule has 0 aliphatic carbocycles. The minimum atomic E-state index is -4.69. The molecule has 0 aromatic heterocycles. The highest BCUT2D eigenvalue weighted by Crippen LogP contribution is 2.17. The second-order valence-corrected chi connectivity index (χ2v) is 8.30. The van der Waals surface area contributed by atoms with E-state index >= 15 is 0 Å². The number of benzene rings is 1. The maximum Gasteiger partial charge on any atom is 0.402 e. The van der Waals surface area contributed by atoms with Crippen LogP contribution in [0.2, 0.25) is 0 Å². The summed E-state index contributed by atoms with van der Waals surface area (Å²) in [4.78, 5) is -0.636. The first kappa shape index (κ1) is 24.1. The fraction of sp³-hybridized carbons (Fsp3) is 0.500. The topological polar surface area (TPSA) is 104 Å². The molecule has 1 rings (SSSR count). The van der Waals surface area contributed by atoms with Gasteiger partial charge in [0.1, 0.15) is 6.54 Å². The molecule has 0 aliphatic heterocycles. The van der Waals surface area contributed by atoms with E-state index in [2.05, 4.69) is 10.0 Å². The van der Waals surface area contributed by atoms with E-state index in [4.69, 9.17) is 0 Å². The summed E-state index contributed by atoms with van der Waals surface area (Å²) >= 11 is 0. The highest BCUT2D eigenvalue weighted by molar-refractivity contribution is 7.90. The first-order valence-electron chi connectivity index (χ1n) is 6.79. The lowest BCUT2D eigenvalue weighted by Crippen LogP contribution is -2.33. The zero-order chi connectivity index (χ0) is 18.4. The van der Waals surface area contributed by atoms with E-state index < -0.39 is 37.7 Å². The Bertz CT molecular complexity index is 738. The quantitative estimate of drug-likeness (QED) is 0.508. The molecule has 25 heavy (non-hydrogen) atoms. The highest BCUT2D eigenvalue weighted by Gasteiger charge is 2.30. The summed E-state index contributed by atoms with van der Waals surface area (Å²) in [6.45, 7) is -0.899. The predicted octanol–water partition coefficient (Wildman–Crippen LogP) is 0.837. The van der Waals surface area contributed by atoms with Gasteiger partial charge in [0.15, 0.2) is 0 Å². The molecule has 0 saturated carbocycles. The lowest BCUT2D eigenvalue weighted by molar-refractivity contribution is -0.121. The van der Waals surface area contributed by atoms with E-state index in [9.17, 15) is 30.0 Å². The predicted molar refractivity (Wildman–Crippen MR) is 88.7 cm³/mol. The van der Waals surface area contributed by atoms with E-state index in [-0.39, 0.29) is 23.8 Å². The Morgan fingerprint density at radius 3 is 1.72 bits per heavy atom. The molecular formula is C12H19ClF3N3O4S2. The summed E-state index contributed by atoms with van der Waals surface area (Å²) in [6.07, 6.45) is -4.13. The largest absolute Gasteiger partial charge is 0.402 e. The van der Waals surface area contributed by atoms with Crippen LogP contribution in [0.25, 0.3) is 0 Å². The Labute approximate surface area is 150 Å². The first-order chi connectivity index (χ1) is 11.0. The van der Waals surface area contributed by atoms with Crippen LogP contribution in [0, 0.1) is 0 Å². The summed E-state index contributed by atoms with van der Waals surface area (Å²) in [5.74, 6) is 0. The van der Waals surface area contributed by atoms with Crippen LogP contribution in [0.1, 0.15) is 6.42 Å². The van der Waals surface area contributed by atoms with Crippen molar-refractivity contribution < 1.29 is 30.0 Å². The number of nitrogens with one attached hydrogen (secondary N) is 3. The van der Waals surface area contributed by atoms with Gasteiger partial charge < -0.3 is 5.32 Å². The van der Waals surface area contributed by atoms with E-state index in [0.717, 1.165) is 24.3 Å². The van der Waals surface area contributed by atoms with Crippen molar-refractivity contribution in [3.63, 3.8) is 0 Å². The van der Waals surface area contributed by atoms with Gasteiger partial charge in [0.2, 0.25) is 20.0 Å². The minimum absolute atomic E-state index is 0. The summed E-state index contributed by atoms with van der Waals surface area (Å²) in [5.41, 5.74) is 0. The van der Waals surface area contributed by atoms with Crippen LogP contribution in [0.4, 0.5) is 13.2 Å². The van der Waals surface area contributed by atoms with Crippen molar-refractivity contribution >= 4 is 32.5 Å². The number of hydrogen-bond donors (Lipinski definition) is 3. The van der Waals surface area contributed by atoms with Crippen molar-refractivity contribution in [2.45, 2.75) is 22.4 Å². The molecule has 0 saturated heterocycles. The van der Waals surface area contributed by atoms with Crippen LogP contribution in [0.3, 0.4) is 0 Å². The van der Waals surface area contributed by atoms with Crippen LogP contribution in [-0.4, -0.2) is 49.7 Å². The van der Waals surface area contributed by atoms with Crippen molar-refractivity contribution in [3.05, 3.63) is 24.3 Å². The lowest BCUT2D eigenvalue weighted by Gasteiger charge is -2.10. The molecule has 7 nitrogen and oxygen atoms in total. The number of hydrogen-bond acceptors (Lipinski definition) is 5. The molecular weight excluding hydrogens is 407 g/mol. The second-order valence-electron chi connectivity index (χ2n) is 4.77. The van der Waals surface area contributed by atoms with E-state index in [1.54, 1.807) is 7.05 Å². The third-order valence-electron chi connectivity index (χ3n) is 2.80. The van der Waals surface area contributed by atoms with E-state index in [0.29, 0.717) is 13.0 Å². The summed E-state index contributed by atoms with van der Waals surface area (Å²) in [6, 6.07) is 3.90. The molecule has 1 aromatic rings. The van der Waals surface area contributed by atoms with Crippen LogP contribution in [0.5, 0.6) is 0 Å². The molecule has 3 N–H and O–H groups in total. The SMILES string of the molecule is CNCCCNS(=O)(=O)c1ccc(S(=O)(=O)NCC(F)(F)F)cc1.Cl. The van der Waals surface area contributed by atoms with Crippen LogP contribution >= 0.6 is 12.4 Å². The van der Waals surface area contributed by atoms with Gasteiger partial charge in [0, 0.05) is 6.54 Å². The highest BCUT2D eigenvalue weighted by atomic mass is 35.5. The van der Waals surface area contributed by atoms with Crippen LogP contribution in [-0.2, 0) is 20.0 Å². The molecule has 0 heterocycles. The minimum Gasteiger partial charge on any atom is -0.320 e. The Hall–Kier alpha value is -0.920. The van der Waals surface area contributed by atoms with Crippen molar-refractivity contribution in [3.8, 4) is 0 Å². The van der Waals surface area contributed by atoms with Crippen molar-refractivity contribution in [2.24, 2.45) is 0 Å². The second kappa shape index (κ2) is 9.69. The number of halogens is 4. The van der Waals surface area contributed by atoms with Crippen LogP contribution < -0.4 is 14.8 Å². The zero-order valence-electron chi connectivity index (χ0n) is 13.1. The average molecular weight is 426 g/mol. The third kappa shape index (κ3) is 8.33. The molecule has 13 heteroatoms. The molecule has 0 fully saturated rings. The maximum absolute atomic E-state index is 12.1. The first-order valence-corrected chi connectivity index (χ1v) is 9.75. The Balaban J connectivity index is 0.00000576. The van der Waals surface area contributed by atoms with Gasteiger partial charge in [-0.15, -0.1) is 12.4 Å². The number of sulfonamides is 2. The van der Waals surface area contributed by atoms with Gasteiger partial charge in [-0.05, 0) is 44.3 Å². The summed E-state index contributed by atoms with van der Waals surface area (Å²) < 4.78 is 87.3. The molecule has 0 atom stereocenters. The lowest BCUT2D eigenvalue weighted by atomic mass is 10.4. The molecule has 0 aliphatic rings. The van der Waals surface area contributed by atoms with E-state index in [1.165, 1.54) is 4.72 Å². The monoisotopic (exact) mass is 425 g/mol. The van der Waals surface area contributed by atoms with Crippen molar-refractivity contribution in [1.82, 2.24) is 14.8 Å². The van der Waals surface area contributed by atoms with Gasteiger partial charge in [-0.25, -0.2) is 26.3 Å². The molecule has 0 bridgehead atoms. The van der Waals surface area contributed by atoms with Gasteiger partial charge in [-0.1, -0.05) is 0 Å². The molecule has 0 amide bonds. The smallest absolute Gasteiger partial charge is 0.320 e. The standard InChI is InChI=1S/C12H18F3N3O4S2.ClH/c1-16-7-2-8-17-23(19,20)10-3-5-11(6-4-10)24(21,22)18-9-12(13,14)15;/h3-6,16-18H,2,7-9H2,1H3;1H. The maximum atomic E-state index is 12.1. The fourth-order valence-corrected chi connectivity index (χ4v) is 3.70. The van der Waals surface area contributed by atoms with Gasteiger partial charge >= 0.3 is 6.18 Å². The van der Waals surface area contributed by atoms with Crippen molar-refractivity contribution in [2.75, 3.05) is 26.7 Å². The van der Waals surface area contributed by atoms with Gasteiger partial charge in [-0.2, -0.15) is 13.2 Å². The zero-order valence-corrected chi connectivity index (χ0v) is 15.6. The van der Waals surface area contributed by atoms with Gasteiger partial charge in [0.25, 0.3) is 0 Å². The Kier molecular flexibility index (Phi) is 9.33. The molecule has 1 aromatic carbocycles. The molecule has 146 valence electrons. The van der Waals surface area contributed by atoms with Crippen molar-refractivity contribution in [1.29, 1.82) is 0 Å². The molecule has 0 spiro atoms. The number of alkyl halides is 3. The van der Waals surface area contributed by atoms with Gasteiger partial charge in [0.05, 0.1) is 9.79 Å². The fourth-order valence-electron chi connectivity index (χ4n) is 1.61.